The molecule has 0 amide bonds. The van der Waals surface area contributed by atoms with E-state index in [1.165, 1.54) is 10.4 Å². The molecule has 1 saturated heterocycles. The van der Waals surface area contributed by atoms with Crippen molar-refractivity contribution in [3.8, 4) is 5.75 Å². The fourth-order valence-corrected chi connectivity index (χ4v) is 3.68. The Labute approximate surface area is 153 Å². The number of thiazole rings is 1. The minimum absolute atomic E-state index is 0. The average Bonchev–Trinajstić information content (AvgIpc) is 3.20. The minimum Gasteiger partial charge on any atom is -0.496 e. The van der Waals surface area contributed by atoms with Crippen LogP contribution in [0.5, 0.6) is 5.75 Å². The molecule has 1 atom stereocenters. The van der Waals surface area contributed by atoms with Crippen LogP contribution in [0.25, 0.3) is 0 Å². The molecule has 1 aromatic carbocycles. The summed E-state index contributed by atoms with van der Waals surface area (Å²) in [7, 11) is 1.72. The standard InChI is InChI=1S/C17H23N3O2S.ClH/c1-21-16-7-3-2-5-13(16)10-20(11-14-6-4-8-22-14)12-15-9-19-17(18)23-15;/h2-3,5,7,9,14H,4,6,8,10-12H2,1H3,(H2,18,19);1H. The van der Waals surface area contributed by atoms with Crippen LogP contribution in [0.4, 0.5) is 5.13 Å². The zero-order chi connectivity index (χ0) is 16.1. The number of rotatable bonds is 7. The van der Waals surface area contributed by atoms with Crippen LogP contribution in [-0.4, -0.2) is 36.2 Å². The van der Waals surface area contributed by atoms with E-state index in [9.17, 15) is 0 Å². The van der Waals surface area contributed by atoms with Crippen molar-refractivity contribution in [1.29, 1.82) is 0 Å². The van der Waals surface area contributed by atoms with Gasteiger partial charge >= 0.3 is 0 Å². The number of nitrogens with two attached hydrogens (primary N) is 1. The number of benzene rings is 1. The normalized spacial score (nSPS) is 17.0. The number of hydrogen-bond donors (Lipinski definition) is 1. The zero-order valence-corrected chi connectivity index (χ0v) is 15.4. The third kappa shape index (κ3) is 5.08. The molecule has 132 valence electrons. The highest BCUT2D eigenvalue weighted by Gasteiger charge is 2.21. The second-order valence-corrected chi connectivity index (χ2v) is 6.93. The van der Waals surface area contributed by atoms with Gasteiger partial charge in [0.05, 0.1) is 13.2 Å². The second-order valence-electron chi connectivity index (χ2n) is 5.78. The van der Waals surface area contributed by atoms with Crippen LogP contribution < -0.4 is 10.5 Å². The average molecular weight is 370 g/mol. The monoisotopic (exact) mass is 369 g/mol. The number of para-hydroxylation sites is 1. The van der Waals surface area contributed by atoms with E-state index in [2.05, 4.69) is 16.0 Å². The maximum absolute atomic E-state index is 5.81. The Kier molecular flexibility index (Phi) is 7.30. The molecule has 1 aromatic heterocycles. The summed E-state index contributed by atoms with van der Waals surface area (Å²) in [4.78, 5) is 7.72. The van der Waals surface area contributed by atoms with Crippen molar-refractivity contribution in [2.75, 3.05) is 26.0 Å². The highest BCUT2D eigenvalue weighted by molar-refractivity contribution is 7.15. The summed E-state index contributed by atoms with van der Waals surface area (Å²) in [5.74, 6) is 0.925. The van der Waals surface area contributed by atoms with Crippen molar-refractivity contribution in [3.63, 3.8) is 0 Å². The van der Waals surface area contributed by atoms with Crippen molar-refractivity contribution in [3.05, 3.63) is 40.9 Å². The molecular formula is C17H24ClN3O2S. The number of nitrogen functional groups attached to an aromatic ring is 1. The number of anilines is 1. The molecule has 0 saturated carbocycles. The van der Waals surface area contributed by atoms with Crippen LogP contribution >= 0.6 is 23.7 Å². The molecule has 0 radical (unpaired) electrons. The van der Waals surface area contributed by atoms with E-state index in [0.717, 1.165) is 44.8 Å². The lowest BCUT2D eigenvalue weighted by Crippen LogP contribution is -2.31. The van der Waals surface area contributed by atoms with Gasteiger partial charge in [-0.05, 0) is 18.9 Å². The largest absolute Gasteiger partial charge is 0.496 e. The zero-order valence-electron chi connectivity index (χ0n) is 13.8. The van der Waals surface area contributed by atoms with Gasteiger partial charge in [0.2, 0.25) is 0 Å². The van der Waals surface area contributed by atoms with Crippen LogP contribution in [0.3, 0.4) is 0 Å². The van der Waals surface area contributed by atoms with E-state index in [-0.39, 0.29) is 12.4 Å². The smallest absolute Gasteiger partial charge is 0.180 e. The van der Waals surface area contributed by atoms with E-state index in [0.29, 0.717) is 11.2 Å². The van der Waals surface area contributed by atoms with Crippen LogP contribution in [0, 0.1) is 0 Å². The molecule has 1 unspecified atom stereocenters. The van der Waals surface area contributed by atoms with Gasteiger partial charge < -0.3 is 15.2 Å². The molecule has 24 heavy (non-hydrogen) atoms. The van der Waals surface area contributed by atoms with Crippen LogP contribution in [-0.2, 0) is 17.8 Å². The Hall–Kier alpha value is -1.34. The summed E-state index contributed by atoms with van der Waals surface area (Å²) in [6.07, 6.45) is 4.47. The summed E-state index contributed by atoms with van der Waals surface area (Å²) >= 11 is 1.55. The molecule has 7 heteroatoms. The molecule has 1 fully saturated rings. The van der Waals surface area contributed by atoms with Crippen molar-refractivity contribution in [2.45, 2.75) is 32.0 Å². The van der Waals surface area contributed by atoms with E-state index < -0.39 is 0 Å². The van der Waals surface area contributed by atoms with Crippen molar-refractivity contribution < 1.29 is 9.47 Å². The summed E-state index contributed by atoms with van der Waals surface area (Å²) in [6, 6.07) is 8.16. The summed E-state index contributed by atoms with van der Waals surface area (Å²) in [5, 5.41) is 0.620. The van der Waals surface area contributed by atoms with Gasteiger partial charge in [-0.25, -0.2) is 4.98 Å². The van der Waals surface area contributed by atoms with E-state index >= 15 is 0 Å². The van der Waals surface area contributed by atoms with Gasteiger partial charge in [0.15, 0.2) is 5.13 Å². The maximum atomic E-state index is 5.81. The van der Waals surface area contributed by atoms with Gasteiger partial charge in [-0.3, -0.25) is 4.90 Å². The molecule has 0 spiro atoms. The van der Waals surface area contributed by atoms with Gasteiger partial charge in [-0.15, -0.1) is 23.7 Å². The van der Waals surface area contributed by atoms with Crippen LogP contribution in [0.15, 0.2) is 30.5 Å². The molecule has 2 heterocycles. The van der Waals surface area contributed by atoms with Crippen LogP contribution in [0.1, 0.15) is 23.3 Å². The highest BCUT2D eigenvalue weighted by atomic mass is 35.5. The highest BCUT2D eigenvalue weighted by Crippen LogP contribution is 2.24. The lowest BCUT2D eigenvalue weighted by atomic mass is 10.1. The number of ether oxygens (including phenoxy) is 2. The first-order chi connectivity index (χ1) is 11.2. The Balaban J connectivity index is 0.00000208. The Morgan fingerprint density at radius 3 is 2.88 bits per heavy atom. The van der Waals surface area contributed by atoms with Crippen molar-refractivity contribution in [2.24, 2.45) is 0 Å². The summed E-state index contributed by atoms with van der Waals surface area (Å²) in [6.45, 7) is 3.44. The predicted molar refractivity (Wildman–Crippen MR) is 99.9 cm³/mol. The van der Waals surface area contributed by atoms with Gasteiger partial charge in [-0.2, -0.15) is 0 Å². The predicted octanol–water partition coefficient (Wildman–Crippen LogP) is 3.34. The molecule has 5 nitrogen and oxygen atoms in total. The molecule has 1 aliphatic rings. The number of hydrogen-bond acceptors (Lipinski definition) is 6. The first-order valence-corrected chi connectivity index (χ1v) is 8.72. The lowest BCUT2D eigenvalue weighted by Gasteiger charge is -2.25. The van der Waals surface area contributed by atoms with Crippen molar-refractivity contribution >= 4 is 28.9 Å². The number of aromatic nitrogens is 1. The van der Waals surface area contributed by atoms with E-state index in [1.807, 2.05) is 24.4 Å². The molecule has 2 aromatic rings. The molecular weight excluding hydrogens is 346 g/mol. The first-order valence-electron chi connectivity index (χ1n) is 7.90. The van der Waals surface area contributed by atoms with Gasteiger partial charge in [0.1, 0.15) is 5.75 Å². The van der Waals surface area contributed by atoms with Crippen LogP contribution in [0.2, 0.25) is 0 Å². The second kappa shape index (κ2) is 9.22. The van der Waals surface area contributed by atoms with E-state index in [1.54, 1.807) is 18.4 Å². The Morgan fingerprint density at radius 1 is 1.38 bits per heavy atom. The number of halogens is 1. The molecule has 0 aliphatic carbocycles. The molecule has 1 aliphatic heterocycles. The lowest BCUT2D eigenvalue weighted by molar-refractivity contribution is 0.0679. The molecule has 3 rings (SSSR count). The SMILES string of the molecule is COc1ccccc1CN(Cc1cnc(N)s1)CC1CCCO1.Cl. The quantitative estimate of drug-likeness (QED) is 0.811. The van der Waals surface area contributed by atoms with Gasteiger partial charge in [-0.1, -0.05) is 18.2 Å². The number of nitrogens with zero attached hydrogens (tertiary/aromatic N) is 2. The fourth-order valence-electron chi connectivity index (χ4n) is 2.95. The third-order valence-corrected chi connectivity index (χ3v) is 4.83. The first kappa shape index (κ1) is 19.0. The van der Waals surface area contributed by atoms with Gasteiger partial charge in [0, 0.05) is 42.9 Å². The maximum Gasteiger partial charge on any atom is 0.180 e. The topological polar surface area (TPSA) is 60.6 Å². The summed E-state index contributed by atoms with van der Waals surface area (Å²) in [5.41, 5.74) is 6.95. The van der Waals surface area contributed by atoms with Crippen molar-refractivity contribution in [1.82, 2.24) is 9.88 Å². The van der Waals surface area contributed by atoms with E-state index in [4.69, 9.17) is 15.2 Å². The Bertz CT molecular complexity index is 632. The summed E-state index contributed by atoms with van der Waals surface area (Å²) < 4.78 is 11.3. The van der Waals surface area contributed by atoms with Gasteiger partial charge in [0.25, 0.3) is 0 Å². The number of methoxy groups -OCH3 is 1. The molecule has 2 N–H and O–H groups in total. The third-order valence-electron chi connectivity index (χ3n) is 4.02. The fraction of sp³-hybridized carbons (Fsp3) is 0.471. The molecule has 0 bridgehead atoms. The Morgan fingerprint density at radius 2 is 2.21 bits per heavy atom. The minimum atomic E-state index is 0.